The van der Waals surface area contributed by atoms with E-state index in [0.717, 1.165) is 29.2 Å². The fraction of sp³-hybridized carbons (Fsp3) is 0.296. The molecule has 0 spiro atoms. The number of anilines is 1. The van der Waals surface area contributed by atoms with Crippen LogP contribution in [-0.4, -0.2) is 46.7 Å². The van der Waals surface area contributed by atoms with E-state index in [1.54, 1.807) is 24.4 Å². The van der Waals surface area contributed by atoms with Gasteiger partial charge in [-0.1, -0.05) is 36.8 Å². The number of hydrogen-bond donors (Lipinski definition) is 5. The highest BCUT2D eigenvalue weighted by Crippen LogP contribution is 2.27. The molecule has 10 heteroatoms. The van der Waals surface area contributed by atoms with E-state index in [0.29, 0.717) is 24.6 Å². The minimum absolute atomic E-state index is 0.0431. The minimum atomic E-state index is -0.396. The first kappa shape index (κ1) is 25.9. The molecule has 2 aromatic carbocycles. The lowest BCUT2D eigenvalue weighted by molar-refractivity contribution is 0.0933. The van der Waals surface area contributed by atoms with Crippen LogP contribution in [0.5, 0.6) is 5.88 Å². The first-order valence-electron chi connectivity index (χ1n) is 12.2. The maximum absolute atomic E-state index is 13.4. The van der Waals surface area contributed by atoms with Gasteiger partial charge in [-0.3, -0.25) is 9.59 Å². The van der Waals surface area contributed by atoms with Gasteiger partial charge in [-0.2, -0.15) is 0 Å². The number of benzene rings is 2. The number of amides is 2. The summed E-state index contributed by atoms with van der Waals surface area (Å²) in [6.45, 7) is 0.818. The van der Waals surface area contributed by atoms with E-state index < -0.39 is 5.91 Å². The first-order valence-corrected chi connectivity index (χ1v) is 12.2. The molecule has 0 unspecified atom stereocenters. The van der Waals surface area contributed by atoms with E-state index in [4.69, 9.17) is 21.4 Å². The number of aliphatic hydroxyl groups is 1. The molecule has 0 radical (unpaired) electrons. The molecule has 1 fully saturated rings. The molecule has 1 heterocycles. The van der Waals surface area contributed by atoms with Crippen molar-refractivity contribution in [1.29, 1.82) is 0 Å². The lowest BCUT2D eigenvalue weighted by Crippen LogP contribution is -2.33. The predicted octanol–water partition coefficient (Wildman–Crippen LogP) is 2.49. The van der Waals surface area contributed by atoms with Gasteiger partial charge in [-0.25, -0.2) is 10.8 Å². The highest BCUT2D eigenvalue weighted by atomic mass is 16.5. The number of nitrogens with two attached hydrogens (primary N) is 2. The zero-order valence-corrected chi connectivity index (χ0v) is 20.5. The van der Waals surface area contributed by atoms with Crippen molar-refractivity contribution in [3.63, 3.8) is 0 Å². The van der Waals surface area contributed by atoms with Crippen LogP contribution in [0.1, 0.15) is 45.7 Å². The minimum Gasteiger partial charge on any atom is -0.475 e. The monoisotopic (exact) mass is 504 g/mol. The Bertz CT molecular complexity index is 1290. The zero-order valence-electron chi connectivity index (χ0n) is 20.5. The van der Waals surface area contributed by atoms with Crippen LogP contribution in [0, 0.1) is 5.92 Å². The van der Waals surface area contributed by atoms with Crippen molar-refractivity contribution in [2.75, 3.05) is 25.1 Å². The van der Waals surface area contributed by atoms with Gasteiger partial charge in [-0.15, -0.1) is 0 Å². The van der Waals surface area contributed by atoms with Crippen LogP contribution in [0.3, 0.4) is 0 Å². The zero-order chi connectivity index (χ0) is 26.2. The van der Waals surface area contributed by atoms with Gasteiger partial charge in [0.2, 0.25) is 5.88 Å². The Morgan fingerprint density at radius 3 is 2.59 bits per heavy atom. The normalized spacial score (nSPS) is 13.4. The number of ether oxygens (including phenoxy) is 1. The molecular formula is C27H32N6O4. The molecule has 1 saturated carbocycles. The number of aromatic nitrogens is 1. The van der Waals surface area contributed by atoms with Gasteiger partial charge in [0.05, 0.1) is 18.8 Å². The summed E-state index contributed by atoms with van der Waals surface area (Å²) in [5, 5.41) is 17.9. The second-order valence-electron chi connectivity index (χ2n) is 8.91. The molecule has 3 aromatic rings. The van der Waals surface area contributed by atoms with Crippen LogP contribution in [0.15, 0.2) is 60.9 Å². The lowest BCUT2D eigenvalue weighted by atomic mass is 9.85. The van der Waals surface area contributed by atoms with Crippen molar-refractivity contribution in [3.8, 4) is 5.88 Å². The van der Waals surface area contributed by atoms with Gasteiger partial charge in [0, 0.05) is 30.6 Å². The number of carbonyl (C=O) groups excluding carboxylic acids is 2. The maximum Gasteiger partial charge on any atom is 0.272 e. The summed E-state index contributed by atoms with van der Waals surface area (Å²) in [4.78, 5) is 30.7. The number of carbonyl (C=O) groups is 2. The Morgan fingerprint density at radius 2 is 1.89 bits per heavy atom. The van der Waals surface area contributed by atoms with Crippen LogP contribution >= 0.6 is 0 Å². The molecule has 0 bridgehead atoms. The topological polar surface area (TPSA) is 156 Å². The smallest absolute Gasteiger partial charge is 0.272 e. The molecule has 0 atom stereocenters. The van der Waals surface area contributed by atoms with Crippen molar-refractivity contribution in [3.05, 3.63) is 77.8 Å². The molecule has 1 aliphatic rings. The SMILES string of the molecule is N/C=C\N(N)Cc1ccc(C(=O)Nc2ccc(OCCO)nc2C(=O)NCC2CCC2)c2ccccc12. The van der Waals surface area contributed by atoms with Crippen molar-refractivity contribution in [2.45, 2.75) is 25.8 Å². The molecule has 37 heavy (non-hydrogen) atoms. The first-order chi connectivity index (χ1) is 18.0. The molecular weight excluding hydrogens is 472 g/mol. The Hall–Kier alpha value is -4.15. The summed E-state index contributed by atoms with van der Waals surface area (Å²) in [5.74, 6) is 5.84. The molecule has 7 N–H and O–H groups in total. The largest absolute Gasteiger partial charge is 0.475 e. The average Bonchev–Trinajstić information content (AvgIpc) is 2.87. The third-order valence-electron chi connectivity index (χ3n) is 6.34. The third kappa shape index (κ3) is 6.35. The highest BCUT2D eigenvalue weighted by molar-refractivity contribution is 6.15. The Labute approximate surface area is 215 Å². The number of fused-ring (bicyclic) bond motifs is 1. The molecule has 4 rings (SSSR count). The van der Waals surface area contributed by atoms with Gasteiger partial charge in [0.25, 0.3) is 11.8 Å². The van der Waals surface area contributed by atoms with Crippen molar-refractivity contribution < 1.29 is 19.4 Å². The Morgan fingerprint density at radius 1 is 1.11 bits per heavy atom. The van der Waals surface area contributed by atoms with Crippen LogP contribution in [0.25, 0.3) is 10.8 Å². The van der Waals surface area contributed by atoms with Crippen LogP contribution in [0.4, 0.5) is 5.69 Å². The molecule has 0 saturated heterocycles. The molecule has 10 nitrogen and oxygen atoms in total. The summed E-state index contributed by atoms with van der Waals surface area (Å²) in [6.07, 6.45) is 6.27. The van der Waals surface area contributed by atoms with E-state index in [2.05, 4.69) is 15.6 Å². The van der Waals surface area contributed by atoms with Crippen LogP contribution in [-0.2, 0) is 6.54 Å². The summed E-state index contributed by atoms with van der Waals surface area (Å²) in [6, 6.07) is 14.3. The number of rotatable bonds is 11. The molecule has 2 amide bonds. The summed E-state index contributed by atoms with van der Waals surface area (Å²) < 4.78 is 5.39. The predicted molar refractivity (Wildman–Crippen MR) is 141 cm³/mol. The highest BCUT2D eigenvalue weighted by Gasteiger charge is 2.22. The molecule has 0 aliphatic heterocycles. The van der Waals surface area contributed by atoms with Gasteiger partial charge in [-0.05, 0) is 47.2 Å². The number of hydrogen-bond acceptors (Lipinski definition) is 8. The van der Waals surface area contributed by atoms with E-state index in [9.17, 15) is 9.59 Å². The van der Waals surface area contributed by atoms with Crippen LogP contribution < -0.4 is 26.9 Å². The van der Waals surface area contributed by atoms with E-state index in [1.807, 2.05) is 30.3 Å². The fourth-order valence-corrected chi connectivity index (χ4v) is 4.21. The summed E-state index contributed by atoms with van der Waals surface area (Å²) in [5.41, 5.74) is 7.12. The summed E-state index contributed by atoms with van der Waals surface area (Å²) in [7, 11) is 0. The van der Waals surface area contributed by atoms with Crippen molar-refractivity contribution in [2.24, 2.45) is 17.5 Å². The van der Waals surface area contributed by atoms with Gasteiger partial charge in [0.1, 0.15) is 6.61 Å². The second kappa shape index (κ2) is 12.2. The third-order valence-corrected chi connectivity index (χ3v) is 6.34. The number of nitrogens with one attached hydrogen (secondary N) is 2. The fourth-order valence-electron chi connectivity index (χ4n) is 4.21. The number of nitrogens with zero attached hydrogens (tertiary/aromatic N) is 2. The molecule has 194 valence electrons. The van der Waals surface area contributed by atoms with E-state index >= 15 is 0 Å². The van der Waals surface area contributed by atoms with Gasteiger partial charge >= 0.3 is 0 Å². The molecule has 1 aliphatic carbocycles. The number of pyridine rings is 1. The standard InChI is InChI=1S/C27H32N6O4/c28-12-13-33(29)17-19-8-9-22(21-7-2-1-6-20(19)21)26(35)31-23-10-11-24(37-15-14-34)32-25(23)27(36)30-16-18-4-3-5-18/h1-2,6-13,18,34H,3-5,14-17,28-29H2,(H,30,36)(H,31,35)/b13-12-. The average molecular weight is 505 g/mol. The van der Waals surface area contributed by atoms with E-state index in [-0.39, 0.29) is 36.4 Å². The summed E-state index contributed by atoms with van der Waals surface area (Å²) >= 11 is 0. The lowest BCUT2D eigenvalue weighted by Gasteiger charge is -2.25. The second-order valence-corrected chi connectivity index (χ2v) is 8.91. The Kier molecular flexibility index (Phi) is 8.55. The van der Waals surface area contributed by atoms with Crippen molar-refractivity contribution in [1.82, 2.24) is 15.3 Å². The van der Waals surface area contributed by atoms with Crippen molar-refractivity contribution >= 4 is 28.3 Å². The van der Waals surface area contributed by atoms with Gasteiger partial charge < -0.3 is 31.2 Å². The number of hydrazine groups is 1. The van der Waals surface area contributed by atoms with Gasteiger partial charge in [0.15, 0.2) is 5.69 Å². The van der Waals surface area contributed by atoms with E-state index in [1.165, 1.54) is 17.6 Å². The number of aliphatic hydroxyl groups excluding tert-OH is 1. The Balaban J connectivity index is 1.61. The quantitative estimate of drug-likeness (QED) is 0.197. The maximum atomic E-state index is 13.4. The molecule has 1 aromatic heterocycles. The van der Waals surface area contributed by atoms with Crippen LogP contribution in [0.2, 0.25) is 0 Å².